The van der Waals surface area contributed by atoms with Crippen LogP contribution in [-0.2, 0) is 45.7 Å². The van der Waals surface area contributed by atoms with E-state index in [1.165, 1.54) is 0 Å². The summed E-state index contributed by atoms with van der Waals surface area (Å²) in [5.41, 5.74) is 0. The van der Waals surface area contributed by atoms with Crippen LogP contribution in [0.15, 0.2) is 0 Å². The fraction of sp³-hybridized carbons (Fsp3) is 0. The molecule has 0 saturated carbocycles. The lowest BCUT2D eigenvalue weighted by atomic mass is 14.0. The first-order chi connectivity index (χ1) is 20.0. The first-order valence-corrected chi connectivity index (χ1v) is 23.5. The molecule has 0 radical (unpaired) electrons. The molecule has 0 heterocycles. The van der Waals surface area contributed by atoms with Crippen LogP contribution >= 0.6 is 78.2 Å². The van der Waals surface area contributed by atoms with Crippen LogP contribution in [0.3, 0.4) is 0 Å². The Morgan fingerprint density at radius 2 is 0.137 bits per heavy atom. The van der Waals surface area contributed by atoms with Crippen molar-refractivity contribution in [2.45, 2.75) is 0 Å². The minimum Gasteiger partial charge on any atom is -0.344 e. The average molecular weight is 997 g/mol. The molecule has 0 bridgehead atoms. The molecule has 51 heteroatoms. The van der Waals surface area contributed by atoms with Gasteiger partial charge >= 0.3 is 78.2 Å². The third-order valence-electron chi connectivity index (χ3n) is 0. The van der Waals surface area contributed by atoms with Crippen molar-refractivity contribution >= 4 is 78.2 Å². The van der Waals surface area contributed by atoms with Gasteiger partial charge in [0.1, 0.15) is 0 Å². The van der Waals surface area contributed by atoms with Crippen molar-refractivity contribution in [2.75, 3.05) is 0 Å². The van der Waals surface area contributed by atoms with Crippen molar-refractivity contribution in [3.05, 3.63) is 0 Å². The molecular formula is H33NO40P10. The van der Waals surface area contributed by atoms with Gasteiger partial charge < -0.3 is 153 Å². The lowest BCUT2D eigenvalue weighted by Crippen LogP contribution is -1.66. The largest absolute Gasteiger partial charge is 0.466 e. The molecule has 0 fully saturated rings. The van der Waals surface area contributed by atoms with Crippen molar-refractivity contribution in [1.82, 2.24) is 6.15 Å². The molecule has 0 aromatic rings. The van der Waals surface area contributed by atoms with Crippen molar-refractivity contribution in [2.24, 2.45) is 0 Å². The monoisotopic (exact) mass is 997 g/mol. The van der Waals surface area contributed by atoms with Gasteiger partial charge in [0.15, 0.2) is 0 Å². The van der Waals surface area contributed by atoms with Gasteiger partial charge in [-0.25, -0.2) is 45.7 Å². The van der Waals surface area contributed by atoms with Crippen LogP contribution in [-0.4, -0.2) is 147 Å². The van der Waals surface area contributed by atoms with Gasteiger partial charge in [0, 0.05) is 0 Å². The standard InChI is InChI=1S/H3N.10H3O4P/c;10*1-5(2,3)4/h1H3;10*(H3,1,2,3,4). The molecule has 0 unspecified atom stereocenters. The third-order valence-corrected chi connectivity index (χ3v) is 0. The second kappa shape index (κ2) is 34.3. The summed E-state index contributed by atoms with van der Waals surface area (Å²) in [6.45, 7) is 0. The fourth-order valence-corrected chi connectivity index (χ4v) is 0. The van der Waals surface area contributed by atoms with Crippen molar-refractivity contribution in [3.8, 4) is 0 Å². The molecule has 51 heavy (non-hydrogen) atoms. The SMILES string of the molecule is N.O=P(O)(O)O.O=P(O)(O)O.O=P(O)(O)O.O=P(O)(O)O.O=P(O)(O)O.O=P(O)(O)O.O=P(O)(O)O.O=P(O)(O)O.O=P(O)(O)O.O=P(O)(O)O. The molecule has 0 aromatic carbocycles. The summed E-state index contributed by atoms with van der Waals surface area (Å²) in [7, 11) is -46.4. The Bertz CT molecular complexity index is 837. The van der Waals surface area contributed by atoms with Crippen LogP contribution in [0.5, 0.6) is 0 Å². The summed E-state index contributed by atoms with van der Waals surface area (Å²) in [4.78, 5) is 216. The van der Waals surface area contributed by atoms with E-state index in [2.05, 4.69) is 0 Å². The fourth-order valence-electron chi connectivity index (χ4n) is 0. The van der Waals surface area contributed by atoms with Crippen LogP contribution < -0.4 is 6.15 Å². The van der Waals surface area contributed by atoms with Crippen LogP contribution in [0.2, 0.25) is 0 Å². The predicted molar refractivity (Wildman–Crippen MR) is 148 cm³/mol. The van der Waals surface area contributed by atoms with Crippen LogP contribution in [0.1, 0.15) is 0 Å². The smallest absolute Gasteiger partial charge is 0.344 e. The van der Waals surface area contributed by atoms with Crippen molar-refractivity contribution in [3.63, 3.8) is 0 Å². The second-order valence-corrected chi connectivity index (χ2v) is 15.4. The summed E-state index contributed by atoms with van der Waals surface area (Å²) in [5.74, 6) is 0. The van der Waals surface area contributed by atoms with Gasteiger partial charge in [-0.2, -0.15) is 0 Å². The quantitative estimate of drug-likeness (QED) is 0.100. The number of rotatable bonds is 0. The Morgan fingerprint density at radius 1 is 0.137 bits per heavy atom. The van der Waals surface area contributed by atoms with E-state index in [9.17, 15) is 0 Å². The molecule has 0 amide bonds. The van der Waals surface area contributed by atoms with E-state index in [1.54, 1.807) is 0 Å². The van der Waals surface area contributed by atoms with E-state index in [1.807, 2.05) is 0 Å². The molecule has 0 aliphatic heterocycles. The van der Waals surface area contributed by atoms with Gasteiger partial charge in [-0.3, -0.25) is 0 Å². The highest BCUT2D eigenvalue weighted by Gasteiger charge is 2.03. The maximum atomic E-state index is 8.88. The summed E-state index contributed by atoms with van der Waals surface area (Å²) >= 11 is 0. The van der Waals surface area contributed by atoms with E-state index in [0.717, 1.165) is 0 Å². The Morgan fingerprint density at radius 3 is 0.137 bits per heavy atom. The molecule has 33 N–H and O–H groups in total. The molecule has 0 rings (SSSR count). The highest BCUT2D eigenvalue weighted by molar-refractivity contribution is 7.47. The van der Waals surface area contributed by atoms with Crippen molar-refractivity contribution < 1.29 is 192 Å². The lowest BCUT2D eigenvalue weighted by molar-refractivity contribution is 0.272. The predicted octanol–water partition coefficient (Wildman–Crippen LogP) is -9.12. The Balaban J connectivity index is -0.0000000386. The minimum absolute atomic E-state index is 0. The zero-order chi connectivity index (χ0) is 45.0. The van der Waals surface area contributed by atoms with Gasteiger partial charge in [0.05, 0.1) is 0 Å². The zero-order valence-corrected chi connectivity index (χ0v) is 31.6. The molecule has 328 valence electrons. The number of phosphoric acid groups is 10. The molecule has 0 atom stereocenters. The Labute approximate surface area is 277 Å². The molecule has 0 spiro atoms. The highest BCUT2D eigenvalue weighted by atomic mass is 31.2. The molecule has 0 aromatic heterocycles. The van der Waals surface area contributed by atoms with E-state index in [-0.39, 0.29) is 6.15 Å². The normalized spacial score (nSPS) is 11.6. The second-order valence-electron chi connectivity index (χ2n) is 5.13. The van der Waals surface area contributed by atoms with Gasteiger partial charge in [0.2, 0.25) is 0 Å². The van der Waals surface area contributed by atoms with Crippen LogP contribution in [0, 0.1) is 0 Å². The van der Waals surface area contributed by atoms with Crippen LogP contribution in [0.4, 0.5) is 0 Å². The average Bonchev–Trinajstić information content (AvgIpc) is 2.34. The topological polar surface area (TPSA) is 813 Å². The lowest BCUT2D eigenvalue weighted by Gasteiger charge is -1.82. The maximum absolute atomic E-state index is 8.88. The first-order valence-electron chi connectivity index (χ1n) is 7.83. The molecule has 0 aliphatic carbocycles. The first kappa shape index (κ1) is 80.5. The van der Waals surface area contributed by atoms with Crippen molar-refractivity contribution in [1.29, 1.82) is 0 Å². The van der Waals surface area contributed by atoms with Gasteiger partial charge in [-0.15, -0.1) is 0 Å². The van der Waals surface area contributed by atoms with Crippen LogP contribution in [0.25, 0.3) is 0 Å². The molecule has 0 aliphatic rings. The summed E-state index contributed by atoms with van der Waals surface area (Å²) in [5, 5.41) is 0. The van der Waals surface area contributed by atoms with E-state index in [0.29, 0.717) is 0 Å². The van der Waals surface area contributed by atoms with E-state index < -0.39 is 78.2 Å². The van der Waals surface area contributed by atoms with Gasteiger partial charge in [-0.05, 0) is 0 Å². The summed E-state index contributed by atoms with van der Waals surface area (Å²) in [6.07, 6.45) is 0. The molecule has 0 saturated heterocycles. The van der Waals surface area contributed by atoms with E-state index >= 15 is 0 Å². The Hall–Kier alpha value is 1.06. The molecule has 41 nitrogen and oxygen atoms in total. The molecular weight excluding hydrogens is 964 g/mol. The van der Waals surface area contributed by atoms with Gasteiger partial charge in [-0.1, -0.05) is 0 Å². The summed E-state index contributed by atoms with van der Waals surface area (Å²) < 4.78 is 88.8. The Kier molecular flexibility index (Phi) is 54.2. The highest BCUT2D eigenvalue weighted by Crippen LogP contribution is 2.29. The third kappa shape index (κ3) is 109000. The van der Waals surface area contributed by atoms with Gasteiger partial charge in [0.25, 0.3) is 0 Å². The zero-order valence-electron chi connectivity index (χ0n) is 22.7. The number of hydrogen-bond donors (Lipinski definition) is 31. The summed E-state index contributed by atoms with van der Waals surface area (Å²) in [6, 6.07) is 0. The number of hydrogen-bond acceptors (Lipinski definition) is 11. The maximum Gasteiger partial charge on any atom is 0.466 e. The minimum atomic E-state index is -4.64. The van der Waals surface area contributed by atoms with E-state index in [4.69, 9.17) is 192 Å².